The molecule has 0 bridgehead atoms. The number of hydrogen-bond acceptors (Lipinski definition) is 3. The Morgan fingerprint density at radius 3 is 2.60 bits per heavy atom. The summed E-state index contributed by atoms with van der Waals surface area (Å²) >= 11 is 0. The largest absolute Gasteiger partial charge is 0.351 e. The van der Waals surface area contributed by atoms with E-state index in [9.17, 15) is 9.59 Å². The topological polar surface area (TPSA) is 102 Å². The van der Waals surface area contributed by atoms with Crippen molar-refractivity contribution < 1.29 is 9.59 Å². The number of carbonyl (C=O) groups excluding carboxylic acids is 2. The minimum Gasteiger partial charge on any atom is -0.351 e. The van der Waals surface area contributed by atoms with Crippen LogP contribution < -0.4 is 16.4 Å². The molecule has 0 fully saturated rings. The quantitative estimate of drug-likeness (QED) is 0.666. The second kappa shape index (κ2) is 7.31. The Kier molecular flexibility index (Phi) is 4.75. The van der Waals surface area contributed by atoms with Gasteiger partial charge >= 0.3 is 6.03 Å². The Hall–Kier alpha value is -3.61. The van der Waals surface area contributed by atoms with Crippen LogP contribution in [-0.2, 0) is 6.54 Å². The summed E-state index contributed by atoms with van der Waals surface area (Å²) < 4.78 is 1.90. The lowest BCUT2D eigenvalue weighted by Crippen LogP contribution is -2.23. The number of benzene rings is 2. The van der Waals surface area contributed by atoms with E-state index >= 15 is 0 Å². The van der Waals surface area contributed by atoms with E-state index < -0.39 is 6.03 Å². The molecule has 0 aliphatic heterocycles. The van der Waals surface area contributed by atoms with Crippen LogP contribution in [-0.4, -0.2) is 21.5 Å². The SMILES string of the molecule is NC(=O)Nc1cccc(C(=O)NCc2ccc(-n3ccnc3)cc2)c1. The lowest BCUT2D eigenvalue weighted by atomic mass is 10.1. The molecule has 2 aromatic carbocycles. The molecule has 3 aromatic rings. The molecule has 126 valence electrons. The van der Waals surface area contributed by atoms with Gasteiger partial charge in [0.15, 0.2) is 0 Å². The summed E-state index contributed by atoms with van der Waals surface area (Å²) in [6, 6.07) is 13.7. The standard InChI is InChI=1S/C18H17N5O2/c19-18(25)22-15-3-1-2-14(10-15)17(24)21-11-13-4-6-16(7-5-13)23-9-8-20-12-23/h1-10,12H,11H2,(H,21,24)(H3,19,22,25). The first-order chi connectivity index (χ1) is 12.1. The van der Waals surface area contributed by atoms with Gasteiger partial charge in [0, 0.05) is 35.9 Å². The number of nitrogens with one attached hydrogen (secondary N) is 2. The van der Waals surface area contributed by atoms with Gasteiger partial charge in [0.2, 0.25) is 0 Å². The third-order valence-electron chi connectivity index (χ3n) is 3.58. The van der Waals surface area contributed by atoms with Gasteiger partial charge in [0.1, 0.15) is 0 Å². The summed E-state index contributed by atoms with van der Waals surface area (Å²) in [5.74, 6) is -0.230. The van der Waals surface area contributed by atoms with E-state index in [0.29, 0.717) is 17.8 Å². The highest BCUT2D eigenvalue weighted by atomic mass is 16.2. The number of aromatic nitrogens is 2. The van der Waals surface area contributed by atoms with Crippen LogP contribution in [0.3, 0.4) is 0 Å². The van der Waals surface area contributed by atoms with Crippen molar-refractivity contribution in [1.82, 2.24) is 14.9 Å². The van der Waals surface area contributed by atoms with Crippen LogP contribution in [0.1, 0.15) is 15.9 Å². The molecule has 3 rings (SSSR count). The highest BCUT2D eigenvalue weighted by Gasteiger charge is 2.07. The Bertz CT molecular complexity index is 873. The van der Waals surface area contributed by atoms with Crippen LogP contribution in [0.2, 0.25) is 0 Å². The molecule has 25 heavy (non-hydrogen) atoms. The average Bonchev–Trinajstić information content (AvgIpc) is 3.14. The van der Waals surface area contributed by atoms with Gasteiger partial charge in [-0.25, -0.2) is 9.78 Å². The average molecular weight is 335 g/mol. The van der Waals surface area contributed by atoms with Crippen LogP contribution in [0.4, 0.5) is 10.5 Å². The van der Waals surface area contributed by atoms with Crippen molar-refractivity contribution in [1.29, 1.82) is 0 Å². The Morgan fingerprint density at radius 2 is 1.92 bits per heavy atom. The monoisotopic (exact) mass is 335 g/mol. The molecule has 0 aliphatic rings. The van der Waals surface area contributed by atoms with Gasteiger partial charge in [-0.05, 0) is 35.9 Å². The molecule has 0 saturated heterocycles. The summed E-state index contributed by atoms with van der Waals surface area (Å²) in [4.78, 5) is 27.1. The first-order valence-electron chi connectivity index (χ1n) is 7.64. The lowest BCUT2D eigenvalue weighted by Gasteiger charge is -2.08. The van der Waals surface area contributed by atoms with Crippen LogP contribution in [0.5, 0.6) is 0 Å². The summed E-state index contributed by atoms with van der Waals surface area (Å²) in [6.07, 6.45) is 5.31. The van der Waals surface area contributed by atoms with Crippen molar-refractivity contribution in [3.8, 4) is 5.69 Å². The normalized spacial score (nSPS) is 10.2. The van der Waals surface area contributed by atoms with E-state index in [-0.39, 0.29) is 5.91 Å². The molecule has 1 heterocycles. The van der Waals surface area contributed by atoms with Crippen molar-refractivity contribution in [3.63, 3.8) is 0 Å². The zero-order chi connectivity index (χ0) is 17.6. The number of nitrogens with two attached hydrogens (primary N) is 1. The highest BCUT2D eigenvalue weighted by molar-refractivity contribution is 5.96. The lowest BCUT2D eigenvalue weighted by molar-refractivity contribution is 0.0951. The van der Waals surface area contributed by atoms with E-state index in [0.717, 1.165) is 11.3 Å². The smallest absolute Gasteiger partial charge is 0.316 e. The number of nitrogens with zero attached hydrogens (tertiary/aromatic N) is 2. The molecule has 0 radical (unpaired) electrons. The van der Waals surface area contributed by atoms with Gasteiger partial charge < -0.3 is 20.9 Å². The van der Waals surface area contributed by atoms with Crippen LogP contribution >= 0.6 is 0 Å². The second-order valence-corrected chi connectivity index (χ2v) is 5.39. The van der Waals surface area contributed by atoms with Crippen molar-refractivity contribution in [2.75, 3.05) is 5.32 Å². The van der Waals surface area contributed by atoms with Gasteiger partial charge in [0.25, 0.3) is 5.91 Å². The van der Waals surface area contributed by atoms with Crippen molar-refractivity contribution >= 4 is 17.6 Å². The van der Waals surface area contributed by atoms with E-state index in [1.807, 2.05) is 35.0 Å². The Morgan fingerprint density at radius 1 is 1.12 bits per heavy atom. The van der Waals surface area contributed by atoms with Gasteiger partial charge in [-0.3, -0.25) is 4.79 Å². The van der Waals surface area contributed by atoms with Gasteiger partial charge in [-0.1, -0.05) is 18.2 Å². The number of anilines is 1. The van der Waals surface area contributed by atoms with Crippen molar-refractivity contribution in [2.24, 2.45) is 5.73 Å². The molecule has 1 aromatic heterocycles. The van der Waals surface area contributed by atoms with Crippen LogP contribution in [0.25, 0.3) is 5.69 Å². The van der Waals surface area contributed by atoms with E-state index in [1.165, 1.54) is 0 Å². The highest BCUT2D eigenvalue weighted by Crippen LogP contribution is 2.12. The fraction of sp³-hybridized carbons (Fsp3) is 0.0556. The first kappa shape index (κ1) is 16.3. The minimum atomic E-state index is -0.671. The number of primary amides is 1. The number of amides is 3. The predicted octanol–water partition coefficient (Wildman–Crippen LogP) is 2.29. The van der Waals surface area contributed by atoms with Crippen molar-refractivity contribution in [2.45, 2.75) is 6.54 Å². The molecule has 0 saturated carbocycles. The number of urea groups is 1. The summed E-state index contributed by atoms with van der Waals surface area (Å²) in [7, 11) is 0. The molecule has 0 unspecified atom stereocenters. The third-order valence-corrected chi connectivity index (χ3v) is 3.58. The van der Waals surface area contributed by atoms with E-state index in [1.54, 1.807) is 36.8 Å². The second-order valence-electron chi connectivity index (χ2n) is 5.39. The molecular weight excluding hydrogens is 318 g/mol. The fourth-order valence-electron chi connectivity index (χ4n) is 2.36. The van der Waals surface area contributed by atoms with Gasteiger partial charge in [-0.2, -0.15) is 0 Å². The van der Waals surface area contributed by atoms with Gasteiger partial charge in [0.05, 0.1) is 6.33 Å². The minimum absolute atomic E-state index is 0.230. The maximum Gasteiger partial charge on any atom is 0.316 e. The fourth-order valence-corrected chi connectivity index (χ4v) is 2.36. The Balaban J connectivity index is 1.61. The zero-order valence-corrected chi connectivity index (χ0v) is 13.3. The molecular formula is C18H17N5O2. The molecule has 0 atom stereocenters. The van der Waals surface area contributed by atoms with Gasteiger partial charge in [-0.15, -0.1) is 0 Å². The molecule has 3 amide bonds. The molecule has 0 spiro atoms. The number of rotatable bonds is 5. The van der Waals surface area contributed by atoms with Crippen LogP contribution in [0.15, 0.2) is 67.3 Å². The first-order valence-corrected chi connectivity index (χ1v) is 7.64. The third kappa shape index (κ3) is 4.23. The number of hydrogen-bond donors (Lipinski definition) is 3. The molecule has 4 N–H and O–H groups in total. The molecule has 7 nitrogen and oxygen atoms in total. The maximum absolute atomic E-state index is 12.2. The Labute approximate surface area is 144 Å². The maximum atomic E-state index is 12.2. The number of carbonyl (C=O) groups is 2. The number of imidazole rings is 1. The van der Waals surface area contributed by atoms with E-state index in [2.05, 4.69) is 15.6 Å². The zero-order valence-electron chi connectivity index (χ0n) is 13.3. The van der Waals surface area contributed by atoms with Crippen molar-refractivity contribution in [3.05, 3.63) is 78.4 Å². The summed E-state index contributed by atoms with van der Waals surface area (Å²) in [6.45, 7) is 0.399. The summed E-state index contributed by atoms with van der Waals surface area (Å²) in [5, 5.41) is 5.29. The van der Waals surface area contributed by atoms with Crippen LogP contribution in [0, 0.1) is 0 Å². The molecule has 7 heteroatoms. The molecule has 0 aliphatic carbocycles. The summed E-state index contributed by atoms with van der Waals surface area (Å²) in [5.41, 5.74) is 7.97. The van der Waals surface area contributed by atoms with E-state index in [4.69, 9.17) is 5.73 Å². The predicted molar refractivity (Wildman–Crippen MR) is 94.4 cm³/mol.